The first kappa shape index (κ1) is 18.3. The number of nitro groups is 1. The number of carbonyl (C=O) groups excluding carboxylic acids is 1. The standard InChI is InChI=1S/C21H14N2O3S2/c24-21-20(28-18-9-5-4-8-16(18)22-21)13-14-10-11-19(17(12-14)23(25)26)27-15-6-2-1-3-7-15/h1-13H,(H,22,24)/b20-13+. The van der Waals surface area contributed by atoms with Gasteiger partial charge in [0.15, 0.2) is 0 Å². The van der Waals surface area contributed by atoms with Crippen LogP contribution in [-0.4, -0.2) is 10.8 Å². The van der Waals surface area contributed by atoms with Gasteiger partial charge in [0.05, 0.1) is 20.4 Å². The van der Waals surface area contributed by atoms with Gasteiger partial charge in [0.2, 0.25) is 0 Å². The fourth-order valence-electron chi connectivity index (χ4n) is 2.72. The molecule has 5 nitrogen and oxygen atoms in total. The number of para-hydroxylation sites is 1. The first-order valence-electron chi connectivity index (χ1n) is 8.41. The maximum Gasteiger partial charge on any atom is 0.283 e. The molecule has 1 aliphatic rings. The lowest BCUT2D eigenvalue weighted by Gasteiger charge is -2.18. The van der Waals surface area contributed by atoms with Crippen LogP contribution in [0.1, 0.15) is 5.56 Å². The van der Waals surface area contributed by atoms with Crippen molar-refractivity contribution in [2.24, 2.45) is 0 Å². The van der Waals surface area contributed by atoms with Gasteiger partial charge in [-0.1, -0.05) is 59.9 Å². The second kappa shape index (κ2) is 7.92. The van der Waals surface area contributed by atoms with Gasteiger partial charge in [0, 0.05) is 15.9 Å². The van der Waals surface area contributed by atoms with Gasteiger partial charge >= 0.3 is 0 Å². The van der Waals surface area contributed by atoms with Gasteiger partial charge in [0.1, 0.15) is 0 Å². The van der Waals surface area contributed by atoms with Crippen molar-refractivity contribution >= 4 is 46.9 Å². The molecule has 3 aromatic carbocycles. The Morgan fingerprint density at radius 3 is 2.54 bits per heavy atom. The van der Waals surface area contributed by atoms with E-state index in [1.165, 1.54) is 29.6 Å². The van der Waals surface area contributed by atoms with E-state index in [1.807, 2.05) is 54.6 Å². The maximum absolute atomic E-state index is 12.4. The van der Waals surface area contributed by atoms with Crippen molar-refractivity contribution in [2.75, 3.05) is 5.32 Å². The molecule has 0 saturated carbocycles. The summed E-state index contributed by atoms with van der Waals surface area (Å²) in [5, 5.41) is 14.4. The van der Waals surface area contributed by atoms with Gasteiger partial charge in [-0.25, -0.2) is 0 Å². The molecular formula is C21H14N2O3S2. The molecule has 1 aliphatic heterocycles. The van der Waals surface area contributed by atoms with Crippen molar-refractivity contribution in [1.29, 1.82) is 0 Å². The summed E-state index contributed by atoms with van der Waals surface area (Å²) in [5.41, 5.74) is 1.40. The molecule has 1 amide bonds. The van der Waals surface area contributed by atoms with Gasteiger partial charge in [0.25, 0.3) is 11.6 Å². The Morgan fingerprint density at radius 1 is 1.00 bits per heavy atom. The quantitative estimate of drug-likeness (QED) is 0.335. The Bertz CT molecular complexity index is 1100. The molecule has 0 saturated heterocycles. The third kappa shape index (κ3) is 3.95. The summed E-state index contributed by atoms with van der Waals surface area (Å²) >= 11 is 2.70. The zero-order valence-corrected chi connectivity index (χ0v) is 16.1. The van der Waals surface area contributed by atoms with Crippen molar-refractivity contribution in [2.45, 2.75) is 14.7 Å². The number of fused-ring (bicyclic) bond motifs is 1. The number of amides is 1. The number of carbonyl (C=O) groups is 1. The van der Waals surface area contributed by atoms with Crippen molar-refractivity contribution in [3.8, 4) is 0 Å². The highest BCUT2D eigenvalue weighted by Crippen LogP contribution is 2.40. The fraction of sp³-hybridized carbons (Fsp3) is 0. The summed E-state index contributed by atoms with van der Waals surface area (Å²) in [6, 6.07) is 22.1. The number of benzene rings is 3. The van der Waals surface area contributed by atoms with Crippen LogP contribution >= 0.6 is 23.5 Å². The number of nitrogens with one attached hydrogen (secondary N) is 1. The molecule has 0 aromatic heterocycles. The maximum atomic E-state index is 12.4. The molecule has 3 aromatic rings. The molecule has 0 spiro atoms. The highest BCUT2D eigenvalue weighted by molar-refractivity contribution is 8.04. The van der Waals surface area contributed by atoms with Crippen LogP contribution in [0, 0.1) is 10.1 Å². The molecule has 4 rings (SSSR count). The Kier molecular flexibility index (Phi) is 5.18. The van der Waals surface area contributed by atoms with Crippen molar-refractivity contribution in [3.63, 3.8) is 0 Å². The molecule has 0 aliphatic carbocycles. The molecule has 138 valence electrons. The van der Waals surface area contributed by atoms with Gasteiger partial charge in [-0.05, 0) is 42.0 Å². The highest BCUT2D eigenvalue weighted by Gasteiger charge is 2.21. The SMILES string of the molecule is O=C1Nc2ccccc2S/C1=C/c1ccc(Sc2ccccc2)c([N+](=O)[O-])c1. The van der Waals surface area contributed by atoms with E-state index in [-0.39, 0.29) is 11.6 Å². The Morgan fingerprint density at radius 2 is 1.75 bits per heavy atom. The molecule has 0 bridgehead atoms. The van der Waals surface area contributed by atoms with Crippen LogP contribution in [0.5, 0.6) is 0 Å². The number of nitrogens with zero attached hydrogens (tertiary/aromatic N) is 1. The van der Waals surface area contributed by atoms with Crippen LogP contribution < -0.4 is 5.32 Å². The summed E-state index contributed by atoms with van der Waals surface area (Å²) in [7, 11) is 0. The van der Waals surface area contributed by atoms with Gasteiger partial charge in [-0.15, -0.1) is 0 Å². The molecule has 0 atom stereocenters. The van der Waals surface area contributed by atoms with Crippen molar-refractivity contribution in [3.05, 3.63) is 93.4 Å². The second-order valence-corrected chi connectivity index (χ2v) is 8.16. The summed E-state index contributed by atoms with van der Waals surface area (Å²) < 4.78 is 0. The van der Waals surface area contributed by atoms with Crippen LogP contribution in [-0.2, 0) is 4.79 Å². The van der Waals surface area contributed by atoms with Crippen molar-refractivity contribution in [1.82, 2.24) is 0 Å². The zero-order chi connectivity index (χ0) is 19.5. The topological polar surface area (TPSA) is 72.2 Å². The molecule has 1 N–H and O–H groups in total. The number of hydrogen-bond acceptors (Lipinski definition) is 5. The van der Waals surface area contributed by atoms with E-state index in [4.69, 9.17) is 0 Å². The van der Waals surface area contributed by atoms with E-state index in [9.17, 15) is 14.9 Å². The number of nitro benzene ring substituents is 1. The molecule has 0 radical (unpaired) electrons. The van der Waals surface area contributed by atoms with Crippen LogP contribution in [0.15, 0.2) is 92.4 Å². The summed E-state index contributed by atoms with van der Waals surface area (Å²) in [6.45, 7) is 0. The molecular weight excluding hydrogens is 392 g/mol. The van der Waals surface area contributed by atoms with Crippen LogP contribution in [0.25, 0.3) is 6.08 Å². The largest absolute Gasteiger partial charge is 0.320 e. The number of thioether (sulfide) groups is 1. The van der Waals surface area contributed by atoms with Crippen molar-refractivity contribution < 1.29 is 9.72 Å². The number of anilines is 1. The lowest BCUT2D eigenvalue weighted by atomic mass is 10.2. The van der Waals surface area contributed by atoms with E-state index in [1.54, 1.807) is 18.2 Å². The minimum Gasteiger partial charge on any atom is -0.320 e. The predicted octanol–water partition coefficient (Wildman–Crippen LogP) is 5.83. The first-order chi connectivity index (χ1) is 13.6. The summed E-state index contributed by atoms with van der Waals surface area (Å²) in [5.74, 6) is -0.214. The van der Waals surface area contributed by atoms with Crippen LogP contribution in [0.3, 0.4) is 0 Å². The number of hydrogen-bond donors (Lipinski definition) is 1. The molecule has 1 heterocycles. The monoisotopic (exact) mass is 406 g/mol. The third-order valence-corrected chi connectivity index (χ3v) is 6.20. The minimum absolute atomic E-state index is 0.0184. The lowest BCUT2D eigenvalue weighted by Crippen LogP contribution is -2.17. The van der Waals surface area contributed by atoms with E-state index in [0.717, 1.165) is 15.5 Å². The average Bonchev–Trinajstić information content (AvgIpc) is 2.70. The van der Waals surface area contributed by atoms with Gasteiger partial charge < -0.3 is 5.32 Å². The smallest absolute Gasteiger partial charge is 0.283 e. The van der Waals surface area contributed by atoms with Gasteiger partial charge in [-0.3, -0.25) is 14.9 Å². The zero-order valence-electron chi connectivity index (χ0n) is 14.5. The van der Waals surface area contributed by atoms with E-state index < -0.39 is 4.92 Å². The molecule has 0 fully saturated rings. The Hall–Kier alpha value is -3.03. The highest BCUT2D eigenvalue weighted by atomic mass is 32.2. The third-order valence-electron chi connectivity index (χ3n) is 4.03. The van der Waals surface area contributed by atoms with E-state index in [2.05, 4.69) is 5.32 Å². The average molecular weight is 406 g/mol. The Labute approximate surface area is 170 Å². The number of rotatable bonds is 4. The van der Waals surface area contributed by atoms with E-state index in [0.29, 0.717) is 15.4 Å². The summed E-state index contributed by atoms with van der Waals surface area (Å²) in [6.07, 6.45) is 1.68. The second-order valence-electron chi connectivity index (χ2n) is 5.96. The Balaban J connectivity index is 1.65. The van der Waals surface area contributed by atoms with Crippen LogP contribution in [0.2, 0.25) is 0 Å². The molecule has 7 heteroatoms. The van der Waals surface area contributed by atoms with Crippen LogP contribution in [0.4, 0.5) is 11.4 Å². The molecule has 28 heavy (non-hydrogen) atoms. The van der Waals surface area contributed by atoms with Gasteiger partial charge in [-0.2, -0.15) is 0 Å². The first-order valence-corrected chi connectivity index (χ1v) is 10.0. The molecule has 0 unspecified atom stereocenters. The minimum atomic E-state index is -0.392. The van der Waals surface area contributed by atoms with E-state index >= 15 is 0 Å². The normalized spacial score (nSPS) is 14.4. The fourth-order valence-corrected chi connectivity index (χ4v) is 4.60. The lowest BCUT2D eigenvalue weighted by molar-refractivity contribution is -0.387. The summed E-state index contributed by atoms with van der Waals surface area (Å²) in [4.78, 5) is 26.5. The predicted molar refractivity (Wildman–Crippen MR) is 113 cm³/mol.